The Labute approximate surface area is 138 Å². The second kappa shape index (κ2) is 5.84. The van der Waals surface area contributed by atoms with Gasteiger partial charge in [0, 0.05) is 24.2 Å². The number of nitrogens with one attached hydrogen (secondary N) is 1. The van der Waals surface area contributed by atoms with E-state index in [1.807, 2.05) is 6.07 Å². The molecule has 1 aromatic carbocycles. The zero-order chi connectivity index (χ0) is 16.5. The Morgan fingerprint density at radius 2 is 2.21 bits per heavy atom. The molecule has 7 heteroatoms. The van der Waals surface area contributed by atoms with Crippen LogP contribution < -0.4 is 15.8 Å². The lowest BCUT2D eigenvalue weighted by Gasteiger charge is -2.05. The van der Waals surface area contributed by atoms with Crippen LogP contribution >= 0.6 is 0 Å². The quantitative estimate of drug-likeness (QED) is 0.704. The molecular formula is C17H17N5O2. The number of benzene rings is 1. The van der Waals surface area contributed by atoms with Crippen molar-refractivity contribution in [3.63, 3.8) is 0 Å². The summed E-state index contributed by atoms with van der Waals surface area (Å²) < 4.78 is 7.27. The Morgan fingerprint density at radius 1 is 1.33 bits per heavy atom. The van der Waals surface area contributed by atoms with Crippen molar-refractivity contribution in [2.45, 2.75) is 19.3 Å². The number of carbonyl (C=O) groups is 1. The molecule has 2 aromatic heterocycles. The number of nitrogens with zero attached hydrogens (tertiary/aromatic N) is 3. The lowest BCUT2D eigenvalue weighted by Crippen LogP contribution is -2.12. The van der Waals surface area contributed by atoms with E-state index in [1.165, 1.54) is 0 Å². The van der Waals surface area contributed by atoms with Crippen LogP contribution in [0.15, 0.2) is 42.6 Å². The van der Waals surface area contributed by atoms with Crippen molar-refractivity contribution in [2.24, 2.45) is 5.92 Å². The third-order valence-electron chi connectivity index (χ3n) is 3.81. The second-order valence-corrected chi connectivity index (χ2v) is 5.97. The number of hydrogen-bond donors (Lipinski definition) is 2. The molecule has 0 saturated heterocycles. The topological polar surface area (TPSA) is 94.5 Å². The molecule has 1 aliphatic carbocycles. The van der Waals surface area contributed by atoms with Crippen LogP contribution in [0.25, 0.3) is 5.65 Å². The minimum atomic E-state index is -0.00265. The number of ether oxygens (including phenoxy) is 1. The molecule has 0 bridgehead atoms. The van der Waals surface area contributed by atoms with Crippen molar-refractivity contribution in [1.82, 2.24) is 14.6 Å². The van der Waals surface area contributed by atoms with Crippen molar-refractivity contribution in [2.75, 3.05) is 11.1 Å². The first-order valence-electron chi connectivity index (χ1n) is 7.85. The van der Waals surface area contributed by atoms with E-state index in [0.717, 1.165) is 12.8 Å². The van der Waals surface area contributed by atoms with Crippen molar-refractivity contribution in [3.05, 3.63) is 42.6 Å². The molecule has 3 N–H and O–H groups in total. The predicted molar refractivity (Wildman–Crippen MR) is 89.9 cm³/mol. The fourth-order valence-corrected chi connectivity index (χ4v) is 2.46. The van der Waals surface area contributed by atoms with Gasteiger partial charge in [-0.15, -0.1) is 5.10 Å². The fraction of sp³-hybridized carbons (Fsp3) is 0.235. The third kappa shape index (κ3) is 3.29. The summed E-state index contributed by atoms with van der Waals surface area (Å²) in [6.45, 7) is 0. The summed E-state index contributed by atoms with van der Waals surface area (Å²) in [4.78, 5) is 16.2. The Balaban J connectivity index is 1.51. The molecule has 0 unspecified atom stereocenters. The molecule has 122 valence electrons. The van der Waals surface area contributed by atoms with Crippen LogP contribution in [-0.2, 0) is 4.79 Å². The molecule has 0 radical (unpaired) electrons. The molecule has 2 heterocycles. The number of imidazole rings is 1. The van der Waals surface area contributed by atoms with Crippen molar-refractivity contribution in [3.8, 4) is 11.6 Å². The van der Waals surface area contributed by atoms with Crippen LogP contribution in [0, 0.1) is 5.92 Å². The van der Waals surface area contributed by atoms with E-state index in [-0.39, 0.29) is 5.91 Å². The minimum Gasteiger partial charge on any atom is -0.438 e. The Bertz CT molecular complexity index is 901. The molecule has 3 aromatic rings. The van der Waals surface area contributed by atoms with Crippen LogP contribution in [0.4, 0.5) is 11.5 Å². The van der Waals surface area contributed by atoms with Crippen LogP contribution in [0.2, 0.25) is 0 Å². The number of carbonyl (C=O) groups excluding carboxylic acids is 1. The summed E-state index contributed by atoms with van der Waals surface area (Å²) >= 11 is 0. The van der Waals surface area contributed by atoms with Gasteiger partial charge in [0.2, 0.25) is 11.8 Å². The number of nitrogens with two attached hydrogens (primary N) is 1. The van der Waals surface area contributed by atoms with E-state index >= 15 is 0 Å². The van der Waals surface area contributed by atoms with Crippen LogP contribution in [-0.4, -0.2) is 20.5 Å². The summed E-state index contributed by atoms with van der Waals surface area (Å²) in [5, 5.41) is 7.15. The van der Waals surface area contributed by atoms with Gasteiger partial charge in [-0.05, 0) is 37.0 Å². The van der Waals surface area contributed by atoms with Crippen molar-refractivity contribution in [1.29, 1.82) is 0 Å². The van der Waals surface area contributed by atoms with Gasteiger partial charge in [-0.25, -0.2) is 9.50 Å². The van der Waals surface area contributed by atoms with Crippen molar-refractivity contribution >= 4 is 23.1 Å². The number of amides is 1. The number of fused-ring (bicyclic) bond motifs is 1. The highest BCUT2D eigenvalue weighted by molar-refractivity contribution is 5.90. The lowest BCUT2D eigenvalue weighted by atomic mass is 10.3. The largest absolute Gasteiger partial charge is 0.438 e. The van der Waals surface area contributed by atoms with E-state index in [0.29, 0.717) is 41.1 Å². The third-order valence-corrected chi connectivity index (χ3v) is 3.81. The van der Waals surface area contributed by atoms with Gasteiger partial charge in [-0.3, -0.25) is 4.79 Å². The number of rotatable bonds is 5. The summed E-state index contributed by atoms with van der Waals surface area (Å²) in [7, 11) is 0. The first-order chi connectivity index (χ1) is 11.7. The van der Waals surface area contributed by atoms with E-state index in [9.17, 15) is 4.79 Å². The number of anilines is 2. The van der Waals surface area contributed by atoms with Gasteiger partial charge >= 0.3 is 0 Å². The van der Waals surface area contributed by atoms with Gasteiger partial charge < -0.3 is 15.8 Å². The van der Waals surface area contributed by atoms with Crippen molar-refractivity contribution < 1.29 is 9.53 Å². The van der Waals surface area contributed by atoms with Crippen LogP contribution in [0.5, 0.6) is 11.6 Å². The molecular weight excluding hydrogens is 306 g/mol. The smallest absolute Gasteiger partial charge is 0.237 e. The Kier molecular flexibility index (Phi) is 3.53. The van der Waals surface area contributed by atoms with Gasteiger partial charge in [0.15, 0.2) is 11.5 Å². The van der Waals surface area contributed by atoms with Gasteiger partial charge in [0.05, 0.1) is 6.20 Å². The molecule has 4 rings (SSSR count). The first-order valence-corrected chi connectivity index (χ1v) is 7.85. The Morgan fingerprint density at radius 3 is 3.00 bits per heavy atom. The zero-order valence-corrected chi connectivity index (χ0v) is 13.0. The van der Waals surface area contributed by atoms with E-state index < -0.39 is 0 Å². The number of nitrogen functional groups attached to an aromatic ring is 1. The monoisotopic (exact) mass is 323 g/mol. The molecule has 1 aliphatic rings. The van der Waals surface area contributed by atoms with Gasteiger partial charge in [0.1, 0.15) is 5.75 Å². The minimum absolute atomic E-state index is 0.00265. The van der Waals surface area contributed by atoms with Crippen LogP contribution in [0.1, 0.15) is 19.3 Å². The molecule has 1 saturated carbocycles. The molecule has 0 spiro atoms. The molecule has 0 atom stereocenters. The van der Waals surface area contributed by atoms with Gasteiger partial charge in [-0.1, -0.05) is 6.07 Å². The maximum atomic E-state index is 11.9. The maximum absolute atomic E-state index is 11.9. The first kappa shape index (κ1) is 14.5. The number of hydrogen-bond acceptors (Lipinski definition) is 5. The second-order valence-electron chi connectivity index (χ2n) is 5.97. The van der Waals surface area contributed by atoms with E-state index in [1.54, 1.807) is 41.0 Å². The standard InChI is InChI=1S/C17H17N5O2/c18-12-2-1-3-13(9-12)24-17-7-6-15-19-14(10-22(15)21-17)20-16(23)8-11-4-5-11/h1-3,6-7,9-11H,4-5,8,18H2,(H,20,23). The highest BCUT2D eigenvalue weighted by Crippen LogP contribution is 2.32. The molecule has 1 amide bonds. The average molecular weight is 323 g/mol. The molecule has 0 aliphatic heterocycles. The molecule has 24 heavy (non-hydrogen) atoms. The molecule has 1 fully saturated rings. The predicted octanol–water partition coefficient (Wildman–Crippen LogP) is 2.84. The maximum Gasteiger partial charge on any atom is 0.237 e. The number of aromatic nitrogens is 3. The normalized spacial score (nSPS) is 13.8. The summed E-state index contributed by atoms with van der Waals surface area (Å²) in [6, 6.07) is 10.6. The summed E-state index contributed by atoms with van der Waals surface area (Å²) in [5.41, 5.74) is 6.99. The van der Waals surface area contributed by atoms with E-state index in [2.05, 4.69) is 15.4 Å². The Hall–Kier alpha value is -3.09. The average Bonchev–Trinajstić information content (AvgIpc) is 3.25. The zero-order valence-electron chi connectivity index (χ0n) is 13.0. The van der Waals surface area contributed by atoms with Crippen LogP contribution in [0.3, 0.4) is 0 Å². The molecule has 7 nitrogen and oxygen atoms in total. The summed E-state index contributed by atoms with van der Waals surface area (Å²) in [6.07, 6.45) is 4.52. The SMILES string of the molecule is Nc1cccc(Oc2ccc3nc(NC(=O)CC4CC4)cn3n2)c1. The van der Waals surface area contributed by atoms with Gasteiger partial charge in [0.25, 0.3) is 0 Å². The lowest BCUT2D eigenvalue weighted by molar-refractivity contribution is -0.116. The highest BCUT2D eigenvalue weighted by Gasteiger charge is 2.24. The highest BCUT2D eigenvalue weighted by atomic mass is 16.5. The fourth-order valence-electron chi connectivity index (χ4n) is 2.46. The van der Waals surface area contributed by atoms with Gasteiger partial charge in [-0.2, -0.15) is 0 Å². The summed E-state index contributed by atoms with van der Waals surface area (Å²) in [5.74, 6) is 2.06. The van der Waals surface area contributed by atoms with E-state index in [4.69, 9.17) is 10.5 Å².